The normalized spacial score (nSPS) is 10.6. The third-order valence-corrected chi connectivity index (χ3v) is 3.01. The second-order valence-electron chi connectivity index (χ2n) is 4.15. The Kier molecular flexibility index (Phi) is 2.76. The molecule has 19 heavy (non-hydrogen) atoms. The Labute approximate surface area is 109 Å². The van der Waals surface area contributed by atoms with E-state index in [2.05, 4.69) is 5.10 Å². The largest absolute Gasteiger partial charge is 0.497 e. The minimum absolute atomic E-state index is 0.122. The van der Waals surface area contributed by atoms with E-state index in [-0.39, 0.29) is 5.56 Å². The van der Waals surface area contributed by atoms with Gasteiger partial charge in [-0.1, -0.05) is 18.2 Å². The Morgan fingerprint density at radius 2 is 1.79 bits per heavy atom. The molecule has 0 aliphatic heterocycles. The average Bonchev–Trinajstić information content (AvgIpc) is 2.48. The molecule has 0 saturated heterocycles. The van der Waals surface area contributed by atoms with E-state index in [1.54, 1.807) is 31.5 Å². The summed E-state index contributed by atoms with van der Waals surface area (Å²) in [4.78, 5) is 12.4. The van der Waals surface area contributed by atoms with E-state index in [0.717, 1.165) is 16.8 Å². The fourth-order valence-corrected chi connectivity index (χ4v) is 2.00. The Morgan fingerprint density at radius 3 is 2.53 bits per heavy atom. The molecule has 4 nitrogen and oxygen atoms in total. The van der Waals surface area contributed by atoms with Crippen LogP contribution in [0, 0.1) is 0 Å². The second-order valence-corrected chi connectivity index (χ2v) is 4.15. The summed E-state index contributed by atoms with van der Waals surface area (Å²) >= 11 is 0. The Morgan fingerprint density at radius 1 is 1.05 bits per heavy atom. The van der Waals surface area contributed by atoms with Crippen molar-refractivity contribution >= 4 is 10.8 Å². The highest BCUT2D eigenvalue weighted by molar-refractivity contribution is 5.80. The topological polar surface area (TPSA) is 44.1 Å². The highest BCUT2D eigenvalue weighted by Crippen LogP contribution is 2.14. The van der Waals surface area contributed by atoms with Crippen LogP contribution in [0.3, 0.4) is 0 Å². The van der Waals surface area contributed by atoms with Crippen molar-refractivity contribution in [3.8, 4) is 11.4 Å². The van der Waals surface area contributed by atoms with E-state index < -0.39 is 0 Å². The highest BCUT2D eigenvalue weighted by Gasteiger charge is 2.05. The molecule has 0 saturated carbocycles. The lowest BCUT2D eigenvalue weighted by Crippen LogP contribution is -2.20. The lowest BCUT2D eigenvalue weighted by molar-refractivity contribution is 0.414. The van der Waals surface area contributed by atoms with Gasteiger partial charge in [-0.2, -0.15) is 9.78 Å². The molecule has 0 amide bonds. The Hall–Kier alpha value is -2.62. The SMILES string of the molecule is COc1ccc(-n2ncc3ccccc3c2=O)cc1. The number of hydrogen-bond donors (Lipinski definition) is 0. The van der Waals surface area contributed by atoms with Crippen molar-refractivity contribution in [3.05, 3.63) is 65.1 Å². The fourth-order valence-electron chi connectivity index (χ4n) is 2.00. The summed E-state index contributed by atoms with van der Waals surface area (Å²) in [6.45, 7) is 0. The minimum Gasteiger partial charge on any atom is -0.497 e. The van der Waals surface area contributed by atoms with E-state index in [1.807, 2.05) is 30.3 Å². The van der Waals surface area contributed by atoms with Gasteiger partial charge in [0, 0.05) is 5.39 Å². The number of rotatable bonds is 2. The molecule has 0 atom stereocenters. The third kappa shape index (κ3) is 1.97. The van der Waals surface area contributed by atoms with Gasteiger partial charge in [0.2, 0.25) is 0 Å². The van der Waals surface area contributed by atoms with Crippen LogP contribution in [0.2, 0.25) is 0 Å². The first-order valence-electron chi connectivity index (χ1n) is 5.91. The number of hydrogen-bond acceptors (Lipinski definition) is 3. The van der Waals surface area contributed by atoms with Gasteiger partial charge in [-0.05, 0) is 30.3 Å². The van der Waals surface area contributed by atoms with Crippen molar-refractivity contribution < 1.29 is 4.74 Å². The summed E-state index contributed by atoms with van der Waals surface area (Å²) in [5, 5.41) is 5.70. The number of nitrogens with zero attached hydrogens (tertiary/aromatic N) is 2. The molecule has 1 aromatic heterocycles. The van der Waals surface area contributed by atoms with Crippen LogP contribution in [0.5, 0.6) is 5.75 Å². The molecule has 3 aromatic rings. The number of ether oxygens (including phenoxy) is 1. The van der Waals surface area contributed by atoms with Gasteiger partial charge in [0.25, 0.3) is 5.56 Å². The van der Waals surface area contributed by atoms with Crippen molar-refractivity contribution in [3.63, 3.8) is 0 Å². The van der Waals surface area contributed by atoms with Crippen LogP contribution < -0.4 is 10.3 Å². The van der Waals surface area contributed by atoms with E-state index in [1.165, 1.54) is 4.68 Å². The van der Waals surface area contributed by atoms with Crippen LogP contribution in [0.1, 0.15) is 0 Å². The maximum absolute atomic E-state index is 12.4. The monoisotopic (exact) mass is 252 g/mol. The summed E-state index contributed by atoms with van der Waals surface area (Å²) in [5.74, 6) is 0.748. The first kappa shape index (κ1) is 11.5. The summed E-state index contributed by atoms with van der Waals surface area (Å²) in [5.41, 5.74) is 0.597. The van der Waals surface area contributed by atoms with Gasteiger partial charge in [-0.15, -0.1) is 0 Å². The maximum Gasteiger partial charge on any atom is 0.279 e. The summed E-state index contributed by atoms with van der Waals surface area (Å²) in [6, 6.07) is 14.6. The summed E-state index contributed by atoms with van der Waals surface area (Å²) in [7, 11) is 1.61. The van der Waals surface area contributed by atoms with Gasteiger partial charge in [0.05, 0.1) is 24.4 Å². The average molecular weight is 252 g/mol. The van der Waals surface area contributed by atoms with Crippen LogP contribution in [-0.2, 0) is 0 Å². The van der Waals surface area contributed by atoms with Gasteiger partial charge in [0.1, 0.15) is 5.75 Å². The summed E-state index contributed by atoms with van der Waals surface area (Å²) in [6.07, 6.45) is 1.70. The van der Waals surface area contributed by atoms with Gasteiger partial charge < -0.3 is 4.74 Å². The van der Waals surface area contributed by atoms with Crippen molar-refractivity contribution in [2.45, 2.75) is 0 Å². The molecule has 0 aliphatic rings. The quantitative estimate of drug-likeness (QED) is 0.703. The fraction of sp³-hybridized carbons (Fsp3) is 0.0667. The molecule has 2 aromatic carbocycles. The number of aromatic nitrogens is 2. The molecule has 3 rings (SSSR count). The predicted octanol–water partition coefficient (Wildman–Crippen LogP) is 2.39. The van der Waals surface area contributed by atoms with Gasteiger partial charge in [0.15, 0.2) is 0 Å². The van der Waals surface area contributed by atoms with Gasteiger partial charge in [-0.3, -0.25) is 4.79 Å². The van der Waals surface area contributed by atoms with Crippen molar-refractivity contribution in [1.29, 1.82) is 0 Å². The molecule has 0 radical (unpaired) electrons. The first-order valence-corrected chi connectivity index (χ1v) is 5.91. The van der Waals surface area contributed by atoms with Crippen LogP contribution in [-0.4, -0.2) is 16.9 Å². The van der Waals surface area contributed by atoms with E-state index in [4.69, 9.17) is 4.74 Å². The first-order chi connectivity index (χ1) is 9.29. The van der Waals surface area contributed by atoms with Crippen LogP contribution in [0.25, 0.3) is 16.5 Å². The molecule has 0 bridgehead atoms. The predicted molar refractivity (Wildman–Crippen MR) is 73.9 cm³/mol. The van der Waals surface area contributed by atoms with Crippen LogP contribution in [0.15, 0.2) is 59.5 Å². The van der Waals surface area contributed by atoms with Gasteiger partial charge >= 0.3 is 0 Å². The molecule has 0 unspecified atom stereocenters. The minimum atomic E-state index is -0.122. The Bertz CT molecular complexity index is 776. The van der Waals surface area contributed by atoms with Crippen molar-refractivity contribution in [1.82, 2.24) is 9.78 Å². The molecule has 4 heteroatoms. The van der Waals surface area contributed by atoms with Gasteiger partial charge in [-0.25, -0.2) is 0 Å². The maximum atomic E-state index is 12.4. The molecular formula is C15H12N2O2. The molecule has 0 aliphatic carbocycles. The smallest absolute Gasteiger partial charge is 0.279 e. The lowest BCUT2D eigenvalue weighted by atomic mass is 10.2. The number of fused-ring (bicyclic) bond motifs is 1. The molecular weight excluding hydrogens is 240 g/mol. The molecule has 94 valence electrons. The third-order valence-electron chi connectivity index (χ3n) is 3.01. The van der Waals surface area contributed by atoms with Crippen molar-refractivity contribution in [2.24, 2.45) is 0 Å². The van der Waals surface area contributed by atoms with Crippen LogP contribution >= 0.6 is 0 Å². The zero-order valence-electron chi connectivity index (χ0n) is 10.4. The molecule has 0 fully saturated rings. The summed E-state index contributed by atoms with van der Waals surface area (Å²) < 4.78 is 6.49. The van der Waals surface area contributed by atoms with E-state index >= 15 is 0 Å². The Balaban J connectivity index is 2.19. The zero-order valence-corrected chi connectivity index (χ0v) is 10.4. The van der Waals surface area contributed by atoms with E-state index in [9.17, 15) is 4.79 Å². The highest BCUT2D eigenvalue weighted by atomic mass is 16.5. The standard InChI is InChI=1S/C15H12N2O2/c1-19-13-8-6-12(7-9-13)17-15(18)14-5-3-2-4-11(14)10-16-17/h2-10H,1H3. The van der Waals surface area contributed by atoms with Crippen molar-refractivity contribution in [2.75, 3.05) is 7.11 Å². The number of benzene rings is 2. The molecule has 1 heterocycles. The van der Waals surface area contributed by atoms with E-state index in [0.29, 0.717) is 5.39 Å². The zero-order chi connectivity index (χ0) is 13.2. The molecule has 0 spiro atoms. The number of methoxy groups -OCH3 is 1. The second kappa shape index (κ2) is 4.57. The van der Waals surface area contributed by atoms with Crippen LogP contribution in [0.4, 0.5) is 0 Å². The lowest BCUT2D eigenvalue weighted by Gasteiger charge is -2.06. The molecule has 0 N–H and O–H groups in total.